The van der Waals surface area contributed by atoms with Crippen LogP contribution in [0.3, 0.4) is 0 Å². The molecule has 2 aromatic heterocycles. The van der Waals surface area contributed by atoms with Crippen LogP contribution in [0.15, 0.2) is 46.6 Å². The third kappa shape index (κ3) is 2.65. The predicted octanol–water partition coefficient (Wildman–Crippen LogP) is 3.72. The number of thiophene rings is 1. The van der Waals surface area contributed by atoms with Crippen LogP contribution in [-0.4, -0.2) is 9.97 Å². The zero-order valence-corrected chi connectivity index (χ0v) is 12.1. The number of nitrogens with one attached hydrogen (secondary N) is 1. The second kappa shape index (κ2) is 5.59. The smallest absolute Gasteiger partial charge is 0.259 e. The molecule has 0 fully saturated rings. The third-order valence-corrected chi connectivity index (χ3v) is 4.34. The summed E-state index contributed by atoms with van der Waals surface area (Å²) >= 11 is 1.52. The Morgan fingerprint density at radius 2 is 2.05 bits per heavy atom. The van der Waals surface area contributed by atoms with Crippen molar-refractivity contribution in [2.75, 3.05) is 0 Å². The molecule has 0 aliphatic carbocycles. The summed E-state index contributed by atoms with van der Waals surface area (Å²) in [5.74, 6) is 1.04. The minimum absolute atomic E-state index is 0.0298. The summed E-state index contributed by atoms with van der Waals surface area (Å²) in [6.45, 7) is 2.11. The largest absolute Gasteiger partial charge is 0.310 e. The van der Waals surface area contributed by atoms with Crippen molar-refractivity contribution in [3.63, 3.8) is 0 Å². The minimum atomic E-state index is -0.0298. The molecule has 20 heavy (non-hydrogen) atoms. The predicted molar refractivity (Wildman–Crippen MR) is 83.4 cm³/mol. The van der Waals surface area contributed by atoms with E-state index in [4.69, 9.17) is 0 Å². The average molecular weight is 284 g/mol. The first-order valence-corrected chi connectivity index (χ1v) is 7.63. The number of benzene rings is 1. The highest BCUT2D eigenvalue weighted by molar-refractivity contribution is 7.16. The van der Waals surface area contributed by atoms with Gasteiger partial charge >= 0.3 is 0 Å². The monoisotopic (exact) mass is 284 g/mol. The van der Waals surface area contributed by atoms with Crippen molar-refractivity contribution < 1.29 is 0 Å². The van der Waals surface area contributed by atoms with Crippen LogP contribution in [0.2, 0.25) is 0 Å². The Morgan fingerprint density at radius 1 is 1.25 bits per heavy atom. The van der Waals surface area contributed by atoms with Crippen molar-refractivity contribution in [2.24, 2.45) is 0 Å². The molecule has 1 atom stereocenters. The fourth-order valence-electron chi connectivity index (χ4n) is 2.28. The van der Waals surface area contributed by atoms with Crippen molar-refractivity contribution in [3.05, 3.63) is 63.5 Å². The minimum Gasteiger partial charge on any atom is -0.310 e. The molecule has 1 aromatic carbocycles. The van der Waals surface area contributed by atoms with Crippen molar-refractivity contribution in [1.29, 1.82) is 0 Å². The van der Waals surface area contributed by atoms with Crippen molar-refractivity contribution in [2.45, 2.75) is 25.7 Å². The average Bonchev–Trinajstić information content (AvgIpc) is 2.95. The Labute approximate surface area is 121 Å². The van der Waals surface area contributed by atoms with Crippen LogP contribution in [0, 0.1) is 0 Å². The summed E-state index contributed by atoms with van der Waals surface area (Å²) in [5, 5.41) is 2.60. The summed E-state index contributed by atoms with van der Waals surface area (Å²) < 4.78 is 0. The molecular formula is C16H16N2OS. The Hall–Kier alpha value is -1.94. The first kappa shape index (κ1) is 13.1. The standard InChI is InChI=1S/C16H16N2OS/c1-11(7-8-12-5-3-2-4-6-12)14-17-15(19)13-9-10-20-16(13)18-14/h2-6,9-11H,7-8H2,1H3,(H,17,18,19). The van der Waals surface area contributed by atoms with Gasteiger partial charge in [-0.05, 0) is 29.9 Å². The lowest BCUT2D eigenvalue weighted by molar-refractivity contribution is 0.639. The van der Waals surface area contributed by atoms with Gasteiger partial charge in [-0.3, -0.25) is 4.79 Å². The van der Waals surface area contributed by atoms with Gasteiger partial charge in [-0.1, -0.05) is 37.3 Å². The second-order valence-corrected chi connectivity index (χ2v) is 5.91. The number of H-pyrrole nitrogens is 1. The quantitative estimate of drug-likeness (QED) is 0.793. The first-order chi connectivity index (χ1) is 9.74. The molecule has 4 heteroatoms. The summed E-state index contributed by atoms with van der Waals surface area (Å²) in [6.07, 6.45) is 1.97. The van der Waals surface area contributed by atoms with Gasteiger partial charge in [0.05, 0.1) is 5.39 Å². The van der Waals surface area contributed by atoms with Crippen molar-refractivity contribution in [3.8, 4) is 0 Å². The highest BCUT2D eigenvalue weighted by Crippen LogP contribution is 2.20. The van der Waals surface area contributed by atoms with E-state index in [-0.39, 0.29) is 11.5 Å². The number of hydrogen-bond acceptors (Lipinski definition) is 3. The zero-order chi connectivity index (χ0) is 13.9. The lowest BCUT2D eigenvalue weighted by Gasteiger charge is -2.10. The van der Waals surface area contributed by atoms with E-state index >= 15 is 0 Å². The van der Waals surface area contributed by atoms with Gasteiger partial charge in [-0.2, -0.15) is 0 Å². The maximum absolute atomic E-state index is 12.0. The molecule has 2 heterocycles. The van der Waals surface area contributed by atoms with E-state index in [2.05, 4.69) is 41.2 Å². The summed E-state index contributed by atoms with van der Waals surface area (Å²) in [4.78, 5) is 20.3. The number of nitrogens with zero attached hydrogens (tertiary/aromatic N) is 1. The van der Waals surface area contributed by atoms with Crippen LogP contribution in [-0.2, 0) is 6.42 Å². The van der Waals surface area contributed by atoms with Crippen LogP contribution in [0.25, 0.3) is 10.2 Å². The maximum atomic E-state index is 12.0. The lowest BCUT2D eigenvalue weighted by Crippen LogP contribution is -2.13. The molecule has 1 N–H and O–H groups in total. The van der Waals surface area contributed by atoms with Crippen LogP contribution in [0.1, 0.15) is 30.7 Å². The molecule has 0 aliphatic rings. The maximum Gasteiger partial charge on any atom is 0.259 e. The molecule has 3 aromatic rings. The molecule has 0 spiro atoms. The normalized spacial score (nSPS) is 12.7. The van der Waals surface area contributed by atoms with E-state index in [1.807, 2.05) is 17.5 Å². The molecular weight excluding hydrogens is 268 g/mol. The molecule has 0 saturated carbocycles. The van der Waals surface area contributed by atoms with Gasteiger partial charge in [0, 0.05) is 5.92 Å². The molecule has 0 bridgehead atoms. The molecule has 102 valence electrons. The lowest BCUT2D eigenvalue weighted by atomic mass is 10.0. The number of aromatic amines is 1. The summed E-state index contributed by atoms with van der Waals surface area (Å²) in [6, 6.07) is 12.2. The topological polar surface area (TPSA) is 45.8 Å². The van der Waals surface area contributed by atoms with E-state index < -0.39 is 0 Å². The van der Waals surface area contributed by atoms with Gasteiger partial charge in [0.15, 0.2) is 0 Å². The van der Waals surface area contributed by atoms with Crippen LogP contribution < -0.4 is 5.56 Å². The summed E-state index contributed by atoms with van der Waals surface area (Å²) in [7, 11) is 0. The number of aryl methyl sites for hydroxylation is 1. The summed E-state index contributed by atoms with van der Waals surface area (Å²) in [5.41, 5.74) is 1.29. The molecule has 0 radical (unpaired) electrons. The van der Waals surface area contributed by atoms with E-state index in [1.54, 1.807) is 0 Å². The van der Waals surface area contributed by atoms with E-state index in [0.717, 1.165) is 23.5 Å². The van der Waals surface area contributed by atoms with Gasteiger partial charge in [0.1, 0.15) is 10.7 Å². The number of rotatable bonds is 4. The molecule has 3 nitrogen and oxygen atoms in total. The van der Waals surface area contributed by atoms with Gasteiger partial charge in [-0.25, -0.2) is 4.98 Å². The van der Waals surface area contributed by atoms with Crippen LogP contribution in [0.5, 0.6) is 0 Å². The molecule has 3 rings (SSSR count). The number of aromatic nitrogens is 2. The van der Waals surface area contributed by atoms with Gasteiger partial charge in [-0.15, -0.1) is 11.3 Å². The first-order valence-electron chi connectivity index (χ1n) is 6.75. The highest BCUT2D eigenvalue weighted by Gasteiger charge is 2.11. The van der Waals surface area contributed by atoms with E-state index in [0.29, 0.717) is 5.39 Å². The Morgan fingerprint density at radius 3 is 2.85 bits per heavy atom. The fraction of sp³-hybridized carbons (Fsp3) is 0.250. The highest BCUT2D eigenvalue weighted by atomic mass is 32.1. The Kier molecular flexibility index (Phi) is 3.65. The molecule has 1 unspecified atom stereocenters. The Bertz CT molecular complexity index is 761. The van der Waals surface area contributed by atoms with E-state index in [1.165, 1.54) is 16.9 Å². The van der Waals surface area contributed by atoms with Crippen LogP contribution in [0.4, 0.5) is 0 Å². The molecule has 0 amide bonds. The van der Waals surface area contributed by atoms with Crippen molar-refractivity contribution in [1.82, 2.24) is 9.97 Å². The molecule has 0 saturated heterocycles. The van der Waals surface area contributed by atoms with Gasteiger partial charge in [0.2, 0.25) is 0 Å². The van der Waals surface area contributed by atoms with Crippen LogP contribution >= 0.6 is 11.3 Å². The zero-order valence-electron chi connectivity index (χ0n) is 11.3. The third-order valence-electron chi connectivity index (χ3n) is 3.53. The number of fused-ring (bicyclic) bond motifs is 1. The number of hydrogen-bond donors (Lipinski definition) is 1. The van der Waals surface area contributed by atoms with Gasteiger partial charge in [0.25, 0.3) is 5.56 Å². The van der Waals surface area contributed by atoms with Crippen molar-refractivity contribution >= 4 is 21.6 Å². The fourth-order valence-corrected chi connectivity index (χ4v) is 3.05. The second-order valence-electron chi connectivity index (χ2n) is 5.02. The SMILES string of the molecule is CC(CCc1ccccc1)c1nc2sccc2c(=O)[nH]1. The van der Waals surface area contributed by atoms with E-state index in [9.17, 15) is 4.79 Å². The molecule has 0 aliphatic heterocycles. The van der Waals surface area contributed by atoms with Gasteiger partial charge < -0.3 is 4.98 Å². The Balaban J connectivity index is 1.78.